The molecule has 0 saturated heterocycles. The molecule has 0 unspecified atom stereocenters. The Kier molecular flexibility index (Phi) is 8.97. The number of anilines is 3. The molecule has 0 aliphatic carbocycles. The van der Waals surface area contributed by atoms with Gasteiger partial charge in [0.15, 0.2) is 11.5 Å². The van der Waals surface area contributed by atoms with E-state index in [1.54, 1.807) is 6.20 Å². The smallest absolute Gasteiger partial charge is 0.255 e. The first-order valence-corrected chi connectivity index (χ1v) is 13.6. The van der Waals surface area contributed by atoms with E-state index in [1.165, 1.54) is 5.56 Å². The number of fused-ring (bicyclic) bond motifs is 1. The predicted molar refractivity (Wildman–Crippen MR) is 172 cm³/mol. The summed E-state index contributed by atoms with van der Waals surface area (Å²) in [5.41, 5.74) is 7.25. The Labute approximate surface area is 252 Å². The topological polar surface area (TPSA) is 104 Å². The largest absolute Gasteiger partial charge is 0.478 e. The number of rotatable bonds is 7. The lowest BCUT2D eigenvalue weighted by Gasteiger charge is -2.19. The molecule has 0 saturated carbocycles. The molecule has 2 aromatic heterocycles. The van der Waals surface area contributed by atoms with E-state index in [0.717, 1.165) is 28.2 Å². The van der Waals surface area contributed by atoms with Crippen molar-refractivity contribution >= 4 is 47.1 Å². The van der Waals surface area contributed by atoms with E-state index < -0.39 is 0 Å². The normalized spacial score (nSPS) is 11.1. The van der Waals surface area contributed by atoms with E-state index in [-0.39, 0.29) is 29.6 Å². The molecule has 0 atom stereocenters. The Morgan fingerprint density at radius 1 is 1.00 bits per heavy atom. The second kappa shape index (κ2) is 12.4. The summed E-state index contributed by atoms with van der Waals surface area (Å²) < 4.78 is 7.22. The molecule has 0 spiro atoms. The van der Waals surface area contributed by atoms with Crippen LogP contribution in [0, 0.1) is 12.3 Å². The Bertz CT molecular complexity index is 1720. The van der Waals surface area contributed by atoms with Gasteiger partial charge in [0.05, 0.1) is 12.3 Å². The quantitative estimate of drug-likeness (QED) is 0.134. The molecule has 5 rings (SSSR count). The number of aromatic nitrogens is 3. The molecule has 2 heterocycles. The van der Waals surface area contributed by atoms with Gasteiger partial charge in [0.2, 0.25) is 5.90 Å². The maximum absolute atomic E-state index is 13.1. The summed E-state index contributed by atoms with van der Waals surface area (Å²) in [6.45, 7) is 10.7. The highest BCUT2D eigenvalue weighted by atomic mass is 35.5. The minimum Gasteiger partial charge on any atom is -0.478 e. The Hall–Kier alpha value is -4.69. The van der Waals surface area contributed by atoms with Crippen LogP contribution in [0.5, 0.6) is 0 Å². The zero-order valence-corrected chi connectivity index (χ0v) is 25.2. The molecule has 1 amide bonds. The number of ether oxygens (including phenoxy) is 1. The fourth-order valence-corrected chi connectivity index (χ4v) is 4.58. The van der Waals surface area contributed by atoms with Crippen LogP contribution < -0.4 is 10.6 Å². The third kappa shape index (κ3) is 6.44. The lowest BCUT2D eigenvalue weighted by Crippen LogP contribution is -2.15. The molecule has 0 bridgehead atoms. The first-order valence-electron chi connectivity index (χ1n) is 13.6. The molecule has 0 fully saturated rings. The second-order valence-electron chi connectivity index (χ2n) is 10.9. The highest BCUT2D eigenvalue weighted by Crippen LogP contribution is 2.31. The highest BCUT2D eigenvalue weighted by Gasteiger charge is 2.17. The van der Waals surface area contributed by atoms with Gasteiger partial charge in [0, 0.05) is 46.7 Å². The Morgan fingerprint density at radius 2 is 1.69 bits per heavy atom. The number of halogens is 1. The minimum absolute atomic E-state index is 0. The molecule has 0 radical (unpaired) electrons. The van der Waals surface area contributed by atoms with Crippen LogP contribution in [0.25, 0.3) is 16.9 Å². The predicted octanol–water partition coefficient (Wildman–Crippen LogP) is 7.78. The van der Waals surface area contributed by atoms with Crippen LogP contribution in [-0.2, 0) is 10.2 Å². The fourth-order valence-electron chi connectivity index (χ4n) is 4.58. The molecule has 0 aliphatic rings. The fraction of sp³-hybridized carbons (Fsp3) is 0.212. The third-order valence-corrected chi connectivity index (χ3v) is 6.94. The molecule has 3 aromatic carbocycles. The van der Waals surface area contributed by atoms with Gasteiger partial charge in [-0.3, -0.25) is 10.2 Å². The van der Waals surface area contributed by atoms with Crippen molar-refractivity contribution in [3.63, 3.8) is 0 Å². The number of amides is 1. The van der Waals surface area contributed by atoms with Gasteiger partial charge in [-0.25, -0.2) is 9.97 Å². The number of nitrogens with one attached hydrogen (secondary N) is 3. The summed E-state index contributed by atoms with van der Waals surface area (Å²) >= 11 is 0. The molecular formula is C33H35ClN6O2. The van der Waals surface area contributed by atoms with Gasteiger partial charge in [-0.2, -0.15) is 0 Å². The average molecular weight is 583 g/mol. The van der Waals surface area contributed by atoms with Crippen LogP contribution in [0.3, 0.4) is 0 Å². The third-order valence-electron chi connectivity index (χ3n) is 6.94. The van der Waals surface area contributed by atoms with Gasteiger partial charge in [-0.1, -0.05) is 45.0 Å². The van der Waals surface area contributed by atoms with Crippen molar-refractivity contribution in [1.29, 1.82) is 5.41 Å². The van der Waals surface area contributed by atoms with Crippen molar-refractivity contribution in [2.45, 2.75) is 40.0 Å². The summed E-state index contributed by atoms with van der Waals surface area (Å²) in [5, 5.41) is 14.4. The maximum atomic E-state index is 13.1. The van der Waals surface area contributed by atoms with Crippen LogP contribution in [-0.4, -0.2) is 32.8 Å². The molecule has 0 aliphatic heterocycles. The van der Waals surface area contributed by atoms with Crippen LogP contribution in [0.2, 0.25) is 0 Å². The molecule has 216 valence electrons. The SMILES string of the molecule is CCOC(=N)c1ccc(Nc2nc(-c3cccc(NC(=O)c4ccc(C(C)(C)C)cc4)c3C)cn3ccnc23)cc1.Cl. The number of benzene rings is 3. The number of nitrogens with zero attached hydrogens (tertiary/aromatic N) is 3. The first kappa shape index (κ1) is 30.3. The number of hydrogen-bond acceptors (Lipinski definition) is 6. The van der Waals surface area contributed by atoms with Crippen LogP contribution in [0.4, 0.5) is 17.2 Å². The van der Waals surface area contributed by atoms with Gasteiger partial charge in [-0.05, 0) is 72.9 Å². The van der Waals surface area contributed by atoms with Crippen LogP contribution in [0.1, 0.15) is 54.7 Å². The number of carbonyl (C=O) groups excluding carboxylic acids is 1. The standard InChI is InChI=1S/C33H34N6O2.ClH/c1-6-41-29(34)22-12-16-25(17-13-22)36-30-31-35-18-19-39(31)20-28(37-30)26-8-7-9-27(21(26)2)38-32(40)23-10-14-24(15-11-23)33(3,4)5;/h7-20,34H,6H2,1-5H3,(H,36,37)(H,38,40);1H. The Balaban J connectivity index is 0.00000405. The minimum atomic E-state index is -0.160. The molecule has 42 heavy (non-hydrogen) atoms. The second-order valence-corrected chi connectivity index (χ2v) is 10.9. The van der Waals surface area contributed by atoms with Gasteiger partial charge in [-0.15, -0.1) is 12.4 Å². The van der Waals surface area contributed by atoms with Gasteiger partial charge in [0.1, 0.15) is 0 Å². The van der Waals surface area contributed by atoms with Crippen LogP contribution in [0.15, 0.2) is 85.3 Å². The molecular weight excluding hydrogens is 548 g/mol. The van der Waals surface area contributed by atoms with Crippen molar-refractivity contribution in [3.05, 3.63) is 108 Å². The van der Waals surface area contributed by atoms with E-state index in [2.05, 4.69) is 36.4 Å². The van der Waals surface area contributed by atoms with Gasteiger partial charge >= 0.3 is 0 Å². The van der Waals surface area contributed by atoms with Gasteiger partial charge < -0.3 is 19.8 Å². The number of imidazole rings is 1. The van der Waals surface area contributed by atoms with Crippen molar-refractivity contribution in [3.8, 4) is 11.3 Å². The zero-order chi connectivity index (χ0) is 29.1. The lowest BCUT2D eigenvalue weighted by molar-refractivity contribution is 0.102. The highest BCUT2D eigenvalue weighted by molar-refractivity contribution is 6.05. The molecule has 8 nitrogen and oxygen atoms in total. The average Bonchev–Trinajstić information content (AvgIpc) is 3.43. The Morgan fingerprint density at radius 3 is 2.36 bits per heavy atom. The van der Waals surface area contributed by atoms with Crippen LogP contribution >= 0.6 is 12.4 Å². The zero-order valence-electron chi connectivity index (χ0n) is 24.4. The first-order chi connectivity index (χ1) is 19.6. The summed E-state index contributed by atoms with van der Waals surface area (Å²) in [4.78, 5) is 22.5. The van der Waals surface area contributed by atoms with Crippen molar-refractivity contribution in [2.24, 2.45) is 0 Å². The van der Waals surface area contributed by atoms with E-state index in [4.69, 9.17) is 15.1 Å². The number of carbonyl (C=O) groups is 1. The lowest BCUT2D eigenvalue weighted by atomic mass is 9.86. The molecule has 9 heteroatoms. The summed E-state index contributed by atoms with van der Waals surface area (Å²) in [6.07, 6.45) is 5.53. The van der Waals surface area contributed by atoms with E-state index in [0.29, 0.717) is 29.2 Å². The maximum Gasteiger partial charge on any atom is 0.255 e. The van der Waals surface area contributed by atoms with E-state index in [1.807, 2.05) is 97.4 Å². The van der Waals surface area contributed by atoms with Crippen molar-refractivity contribution in [1.82, 2.24) is 14.4 Å². The van der Waals surface area contributed by atoms with E-state index >= 15 is 0 Å². The summed E-state index contributed by atoms with van der Waals surface area (Å²) in [5.74, 6) is 0.569. The van der Waals surface area contributed by atoms with Crippen molar-refractivity contribution in [2.75, 3.05) is 17.2 Å². The molecule has 3 N–H and O–H groups in total. The summed E-state index contributed by atoms with van der Waals surface area (Å²) in [7, 11) is 0. The van der Waals surface area contributed by atoms with E-state index in [9.17, 15) is 4.79 Å². The summed E-state index contributed by atoms with van der Waals surface area (Å²) in [6, 6.07) is 21.0. The monoisotopic (exact) mass is 582 g/mol. The number of hydrogen-bond donors (Lipinski definition) is 3. The molecule has 5 aromatic rings. The van der Waals surface area contributed by atoms with Gasteiger partial charge in [0.25, 0.3) is 5.91 Å². The van der Waals surface area contributed by atoms with Crippen molar-refractivity contribution < 1.29 is 9.53 Å².